The number of hydrogen-bond acceptors (Lipinski definition) is 3. The summed E-state index contributed by atoms with van der Waals surface area (Å²) in [7, 11) is 0. The molecule has 0 atom stereocenters. The van der Waals surface area contributed by atoms with Crippen molar-refractivity contribution in [3.8, 4) is 0 Å². The topological polar surface area (TPSA) is 63.1 Å². The zero-order valence-corrected chi connectivity index (χ0v) is 8.22. The lowest BCUT2D eigenvalue weighted by Crippen LogP contribution is -2.06. The number of carbonyl (C=O) groups is 1. The molecule has 0 radical (unpaired) electrons. The first-order valence-corrected chi connectivity index (χ1v) is 4.27. The Morgan fingerprint density at radius 1 is 1.46 bits per heavy atom. The zero-order valence-electron chi connectivity index (χ0n) is 6.71. The summed E-state index contributed by atoms with van der Waals surface area (Å²) in [4.78, 5) is 17.9. The SMILES string of the molecule is CCc1nc(Cl)nc(C(=O)O)c1Cl. The van der Waals surface area contributed by atoms with Gasteiger partial charge in [0.25, 0.3) is 0 Å². The molecule has 70 valence electrons. The molecule has 13 heavy (non-hydrogen) atoms. The van der Waals surface area contributed by atoms with Gasteiger partial charge in [-0.2, -0.15) is 0 Å². The monoisotopic (exact) mass is 220 g/mol. The van der Waals surface area contributed by atoms with Crippen LogP contribution in [-0.4, -0.2) is 21.0 Å². The van der Waals surface area contributed by atoms with Crippen molar-refractivity contribution in [1.82, 2.24) is 9.97 Å². The van der Waals surface area contributed by atoms with Crippen LogP contribution in [0.25, 0.3) is 0 Å². The summed E-state index contributed by atoms with van der Waals surface area (Å²) in [6.07, 6.45) is 0.515. The second kappa shape index (κ2) is 3.89. The number of rotatable bonds is 2. The van der Waals surface area contributed by atoms with E-state index in [1.54, 1.807) is 6.92 Å². The third-order valence-electron chi connectivity index (χ3n) is 1.43. The maximum atomic E-state index is 10.6. The van der Waals surface area contributed by atoms with E-state index in [9.17, 15) is 4.79 Å². The van der Waals surface area contributed by atoms with E-state index in [4.69, 9.17) is 28.3 Å². The summed E-state index contributed by atoms with van der Waals surface area (Å²) in [5.74, 6) is -1.20. The van der Waals surface area contributed by atoms with E-state index in [2.05, 4.69) is 9.97 Å². The van der Waals surface area contributed by atoms with Crippen molar-refractivity contribution < 1.29 is 9.90 Å². The molecular formula is C7H6Cl2N2O2. The molecule has 1 N–H and O–H groups in total. The van der Waals surface area contributed by atoms with Crippen LogP contribution in [0.5, 0.6) is 0 Å². The van der Waals surface area contributed by atoms with Gasteiger partial charge in [0, 0.05) is 0 Å². The van der Waals surface area contributed by atoms with Gasteiger partial charge in [0.15, 0.2) is 5.69 Å². The molecular weight excluding hydrogens is 215 g/mol. The fraction of sp³-hybridized carbons (Fsp3) is 0.286. The minimum absolute atomic E-state index is 0.0550. The number of nitrogens with zero attached hydrogens (tertiary/aromatic N) is 2. The molecule has 0 spiro atoms. The lowest BCUT2D eigenvalue weighted by Gasteiger charge is -2.02. The van der Waals surface area contributed by atoms with Crippen molar-refractivity contribution in [2.75, 3.05) is 0 Å². The third-order valence-corrected chi connectivity index (χ3v) is 2.00. The normalized spacial score (nSPS) is 10.1. The van der Waals surface area contributed by atoms with Crippen LogP contribution in [0.4, 0.5) is 0 Å². The van der Waals surface area contributed by atoms with Crippen LogP contribution >= 0.6 is 23.2 Å². The Kier molecular flexibility index (Phi) is 3.06. The van der Waals surface area contributed by atoms with E-state index < -0.39 is 5.97 Å². The molecule has 1 rings (SSSR count). The molecule has 0 aliphatic rings. The van der Waals surface area contributed by atoms with Crippen LogP contribution < -0.4 is 0 Å². The molecule has 4 nitrogen and oxygen atoms in total. The highest BCUT2D eigenvalue weighted by Gasteiger charge is 2.15. The van der Waals surface area contributed by atoms with Gasteiger partial charge in [0.1, 0.15) is 0 Å². The molecule has 0 aromatic carbocycles. The highest BCUT2D eigenvalue weighted by molar-refractivity contribution is 6.34. The standard InChI is InChI=1S/C7H6Cl2N2O2/c1-2-3-4(8)5(6(12)13)11-7(9)10-3/h2H2,1H3,(H,12,13). The average Bonchev–Trinajstić information content (AvgIpc) is 2.08. The predicted octanol–water partition coefficient (Wildman–Crippen LogP) is 2.04. The average molecular weight is 221 g/mol. The Labute approximate surface area is 84.5 Å². The summed E-state index contributed by atoms with van der Waals surface area (Å²) < 4.78 is 0. The lowest BCUT2D eigenvalue weighted by atomic mass is 10.3. The Morgan fingerprint density at radius 3 is 2.54 bits per heavy atom. The van der Waals surface area contributed by atoms with Crippen LogP contribution in [0, 0.1) is 0 Å². The first kappa shape index (κ1) is 10.2. The highest BCUT2D eigenvalue weighted by Crippen LogP contribution is 2.20. The van der Waals surface area contributed by atoms with Crippen molar-refractivity contribution in [1.29, 1.82) is 0 Å². The summed E-state index contributed by atoms with van der Waals surface area (Å²) in [6, 6.07) is 0. The first-order valence-electron chi connectivity index (χ1n) is 3.51. The number of aryl methyl sites for hydroxylation is 1. The molecule has 1 aromatic heterocycles. The quantitative estimate of drug-likeness (QED) is 0.776. The van der Waals surface area contributed by atoms with Crippen molar-refractivity contribution >= 4 is 29.2 Å². The van der Waals surface area contributed by atoms with Crippen molar-refractivity contribution in [3.05, 3.63) is 21.7 Å². The highest BCUT2D eigenvalue weighted by atomic mass is 35.5. The van der Waals surface area contributed by atoms with Gasteiger partial charge in [-0.05, 0) is 18.0 Å². The van der Waals surface area contributed by atoms with Gasteiger partial charge in [-0.25, -0.2) is 14.8 Å². The second-order valence-electron chi connectivity index (χ2n) is 2.26. The first-order chi connectivity index (χ1) is 6.06. The Hall–Kier alpha value is -0.870. The second-order valence-corrected chi connectivity index (χ2v) is 2.98. The number of carboxylic acids is 1. The van der Waals surface area contributed by atoms with Gasteiger partial charge in [-0.15, -0.1) is 0 Å². The van der Waals surface area contributed by atoms with Crippen LogP contribution in [0.2, 0.25) is 10.3 Å². The summed E-state index contributed by atoms with van der Waals surface area (Å²) in [5.41, 5.74) is 0.192. The van der Waals surface area contributed by atoms with E-state index in [1.807, 2.05) is 0 Å². The summed E-state index contributed by atoms with van der Waals surface area (Å²) >= 11 is 11.2. The van der Waals surface area contributed by atoms with E-state index in [0.717, 1.165) is 0 Å². The molecule has 0 fully saturated rings. The van der Waals surface area contributed by atoms with Gasteiger partial charge in [0.05, 0.1) is 10.7 Å². The summed E-state index contributed by atoms with van der Waals surface area (Å²) in [6.45, 7) is 1.80. The molecule has 0 saturated carbocycles. The van der Waals surface area contributed by atoms with Gasteiger partial charge in [-0.1, -0.05) is 18.5 Å². The number of hydrogen-bond donors (Lipinski definition) is 1. The molecule has 1 heterocycles. The Balaban J connectivity index is 3.35. The molecule has 0 amide bonds. The molecule has 0 aliphatic heterocycles. The fourth-order valence-corrected chi connectivity index (χ4v) is 1.32. The predicted molar refractivity (Wildman–Crippen MR) is 48.4 cm³/mol. The van der Waals surface area contributed by atoms with Gasteiger partial charge >= 0.3 is 5.97 Å². The van der Waals surface area contributed by atoms with E-state index >= 15 is 0 Å². The van der Waals surface area contributed by atoms with Crippen LogP contribution in [0.15, 0.2) is 0 Å². The third kappa shape index (κ3) is 2.08. The lowest BCUT2D eigenvalue weighted by molar-refractivity contribution is 0.0690. The minimum atomic E-state index is -1.20. The minimum Gasteiger partial charge on any atom is -0.476 e. The number of aromatic nitrogens is 2. The molecule has 6 heteroatoms. The van der Waals surface area contributed by atoms with Gasteiger partial charge in [-0.3, -0.25) is 0 Å². The zero-order chi connectivity index (χ0) is 10.0. The number of carboxylic acid groups (broad SMARTS) is 1. The maximum Gasteiger partial charge on any atom is 0.356 e. The molecule has 0 bridgehead atoms. The Morgan fingerprint density at radius 2 is 2.08 bits per heavy atom. The van der Waals surface area contributed by atoms with E-state index in [-0.39, 0.29) is 16.0 Å². The van der Waals surface area contributed by atoms with Crippen molar-refractivity contribution in [2.45, 2.75) is 13.3 Å². The van der Waals surface area contributed by atoms with E-state index in [1.165, 1.54) is 0 Å². The smallest absolute Gasteiger partial charge is 0.356 e. The molecule has 0 aliphatic carbocycles. The van der Waals surface area contributed by atoms with E-state index in [0.29, 0.717) is 12.1 Å². The largest absolute Gasteiger partial charge is 0.476 e. The van der Waals surface area contributed by atoms with Crippen LogP contribution in [-0.2, 0) is 6.42 Å². The molecule has 0 saturated heterocycles. The summed E-state index contributed by atoms with van der Waals surface area (Å²) in [5, 5.41) is 8.63. The van der Waals surface area contributed by atoms with Gasteiger partial charge < -0.3 is 5.11 Å². The van der Waals surface area contributed by atoms with Gasteiger partial charge in [0.2, 0.25) is 5.28 Å². The maximum absolute atomic E-state index is 10.6. The molecule has 1 aromatic rings. The number of halogens is 2. The van der Waals surface area contributed by atoms with Crippen molar-refractivity contribution in [2.24, 2.45) is 0 Å². The van der Waals surface area contributed by atoms with Crippen LogP contribution in [0.3, 0.4) is 0 Å². The number of aromatic carboxylic acids is 1. The Bertz CT molecular complexity index is 355. The van der Waals surface area contributed by atoms with Crippen molar-refractivity contribution in [3.63, 3.8) is 0 Å². The van der Waals surface area contributed by atoms with Crippen LogP contribution in [0.1, 0.15) is 23.1 Å². The fourth-order valence-electron chi connectivity index (χ4n) is 0.839. The molecule has 0 unspecified atom stereocenters.